The molecule has 8 nitrogen and oxygen atoms in total. The number of nitrogens with two attached hydrogens (primary N) is 1. The van der Waals surface area contributed by atoms with Gasteiger partial charge in [0, 0.05) is 30.3 Å². The number of nitrogens with one attached hydrogen (secondary N) is 2. The third-order valence-electron chi connectivity index (χ3n) is 7.45. The molecular weight excluding hydrogens is 432 g/mol. The largest absolute Gasteiger partial charge is 0.370 e. The molecular formula is C26H28N4O4. The van der Waals surface area contributed by atoms with Crippen LogP contribution in [-0.4, -0.2) is 41.1 Å². The molecule has 0 unspecified atom stereocenters. The monoisotopic (exact) mass is 460 g/mol. The van der Waals surface area contributed by atoms with Crippen LogP contribution in [0.25, 0.3) is 0 Å². The first-order chi connectivity index (χ1) is 16.4. The molecule has 4 atom stereocenters. The summed E-state index contributed by atoms with van der Waals surface area (Å²) >= 11 is 0. The number of primary amides is 1. The van der Waals surface area contributed by atoms with E-state index in [1.165, 1.54) is 4.90 Å². The number of amides is 4. The van der Waals surface area contributed by atoms with Gasteiger partial charge in [0.15, 0.2) is 0 Å². The van der Waals surface area contributed by atoms with E-state index in [9.17, 15) is 19.2 Å². The molecule has 0 bridgehead atoms. The fraction of sp³-hybridized carbons (Fsp3) is 0.385. The van der Waals surface area contributed by atoms with Crippen LogP contribution in [0.15, 0.2) is 48.5 Å². The van der Waals surface area contributed by atoms with Crippen LogP contribution in [0.1, 0.15) is 36.5 Å². The Kier molecular flexibility index (Phi) is 5.48. The van der Waals surface area contributed by atoms with Crippen LogP contribution in [0.5, 0.6) is 0 Å². The van der Waals surface area contributed by atoms with Crippen molar-refractivity contribution in [2.75, 3.05) is 11.9 Å². The summed E-state index contributed by atoms with van der Waals surface area (Å²) in [6, 6.07) is 14.9. The summed E-state index contributed by atoms with van der Waals surface area (Å²) in [7, 11) is 0. The second-order valence-corrected chi connectivity index (χ2v) is 9.32. The zero-order chi connectivity index (χ0) is 24.0. The number of aryl methyl sites for hydroxylation is 1. The molecule has 3 aliphatic rings. The maximum absolute atomic E-state index is 13.8. The molecule has 5 rings (SSSR count). The lowest BCUT2D eigenvalue weighted by Crippen LogP contribution is -2.53. The van der Waals surface area contributed by atoms with Crippen molar-refractivity contribution in [3.8, 4) is 0 Å². The van der Waals surface area contributed by atoms with Gasteiger partial charge in [-0.15, -0.1) is 0 Å². The number of nitrogens with zero attached hydrogens (tertiary/aromatic N) is 1. The first-order valence-corrected chi connectivity index (χ1v) is 11.8. The van der Waals surface area contributed by atoms with Crippen molar-refractivity contribution >= 4 is 29.3 Å². The Morgan fingerprint density at radius 2 is 1.82 bits per heavy atom. The van der Waals surface area contributed by atoms with Crippen LogP contribution in [0, 0.1) is 11.8 Å². The molecule has 1 spiro atoms. The average molecular weight is 461 g/mol. The molecule has 0 saturated carbocycles. The number of hydrogen-bond acceptors (Lipinski definition) is 5. The van der Waals surface area contributed by atoms with Crippen LogP contribution in [-0.2, 0) is 37.6 Å². The van der Waals surface area contributed by atoms with Gasteiger partial charge in [-0.05, 0) is 36.5 Å². The van der Waals surface area contributed by atoms with E-state index in [2.05, 4.69) is 10.6 Å². The molecule has 4 amide bonds. The normalized spacial score (nSPS) is 27.3. The quantitative estimate of drug-likeness (QED) is 0.541. The number of rotatable bonds is 7. The molecule has 2 aromatic rings. The first kappa shape index (κ1) is 22.3. The molecule has 2 fully saturated rings. The Hall–Kier alpha value is -3.52. The predicted octanol–water partition coefficient (Wildman–Crippen LogP) is 1.48. The van der Waals surface area contributed by atoms with E-state index in [1.807, 2.05) is 55.5 Å². The number of imide groups is 1. The van der Waals surface area contributed by atoms with Crippen molar-refractivity contribution in [2.24, 2.45) is 17.6 Å². The van der Waals surface area contributed by atoms with Crippen LogP contribution in [0.2, 0.25) is 0 Å². The summed E-state index contributed by atoms with van der Waals surface area (Å²) in [5.41, 5.74) is 7.44. The lowest BCUT2D eigenvalue weighted by Gasteiger charge is -2.29. The van der Waals surface area contributed by atoms with E-state index in [1.54, 1.807) is 0 Å². The third kappa shape index (κ3) is 3.32. The second kappa shape index (κ2) is 8.36. The van der Waals surface area contributed by atoms with E-state index >= 15 is 0 Å². The molecule has 34 heavy (non-hydrogen) atoms. The van der Waals surface area contributed by atoms with E-state index in [-0.39, 0.29) is 37.1 Å². The number of benzene rings is 2. The molecule has 2 saturated heterocycles. The SMILES string of the molecule is CCc1ccc2c(c1)[C@]1(N[C@@H](CCC(N)=O)[C@H]3C(=O)N(CCc4ccccc4)C(=O)[C@@H]31)C(=O)N2. The van der Waals surface area contributed by atoms with Gasteiger partial charge in [-0.25, -0.2) is 0 Å². The van der Waals surface area contributed by atoms with Crippen molar-refractivity contribution in [2.45, 2.75) is 44.2 Å². The maximum Gasteiger partial charge on any atom is 0.250 e. The lowest BCUT2D eigenvalue weighted by molar-refractivity contribution is -0.142. The summed E-state index contributed by atoms with van der Waals surface area (Å²) in [5, 5.41) is 6.26. The highest BCUT2D eigenvalue weighted by atomic mass is 16.2. The molecule has 4 N–H and O–H groups in total. The molecule has 0 radical (unpaired) electrons. The molecule has 176 valence electrons. The van der Waals surface area contributed by atoms with E-state index in [0.29, 0.717) is 17.7 Å². The number of carbonyl (C=O) groups is 4. The standard InChI is InChI=1S/C26H28N4O4/c1-2-15-8-9-18-17(14-15)26(25(34)28-18)22-21(19(29-26)10-11-20(27)31)23(32)30(24(22)33)13-12-16-6-4-3-5-7-16/h3-9,14,19,21-22,29H,2,10-13H2,1H3,(H2,27,31)(H,28,34)/t19-,21+,22+,26+/m0/s1. The van der Waals surface area contributed by atoms with Gasteiger partial charge in [-0.1, -0.05) is 49.4 Å². The number of anilines is 1. The number of fused-ring (bicyclic) bond motifs is 4. The molecule has 0 aromatic heterocycles. The first-order valence-electron chi connectivity index (χ1n) is 11.8. The van der Waals surface area contributed by atoms with Crippen molar-refractivity contribution < 1.29 is 19.2 Å². The molecule has 8 heteroatoms. The van der Waals surface area contributed by atoms with Crippen LogP contribution >= 0.6 is 0 Å². The fourth-order valence-corrected chi connectivity index (χ4v) is 5.78. The Bertz CT molecular complexity index is 1180. The zero-order valence-electron chi connectivity index (χ0n) is 19.0. The molecule has 0 aliphatic carbocycles. The summed E-state index contributed by atoms with van der Waals surface area (Å²) in [6.07, 6.45) is 1.64. The number of likely N-dealkylation sites (tertiary alicyclic amines) is 1. The van der Waals surface area contributed by atoms with E-state index in [0.717, 1.165) is 17.5 Å². The van der Waals surface area contributed by atoms with Gasteiger partial charge >= 0.3 is 0 Å². The van der Waals surface area contributed by atoms with E-state index in [4.69, 9.17) is 5.73 Å². The smallest absolute Gasteiger partial charge is 0.250 e. The maximum atomic E-state index is 13.8. The molecule has 2 aromatic carbocycles. The van der Waals surface area contributed by atoms with Gasteiger partial charge in [0.25, 0.3) is 0 Å². The highest BCUT2D eigenvalue weighted by Crippen LogP contribution is 2.53. The Balaban J connectivity index is 1.54. The third-order valence-corrected chi connectivity index (χ3v) is 7.45. The van der Waals surface area contributed by atoms with Gasteiger partial charge in [-0.3, -0.25) is 29.4 Å². The van der Waals surface area contributed by atoms with Gasteiger partial charge in [0.1, 0.15) is 5.54 Å². The minimum absolute atomic E-state index is 0.0614. The Labute approximate surface area is 197 Å². The summed E-state index contributed by atoms with van der Waals surface area (Å²) in [5.74, 6) is -3.06. The van der Waals surface area contributed by atoms with Crippen LogP contribution in [0.4, 0.5) is 5.69 Å². The van der Waals surface area contributed by atoms with Gasteiger partial charge < -0.3 is 11.1 Å². The molecule has 3 heterocycles. The molecule has 3 aliphatic heterocycles. The highest BCUT2D eigenvalue weighted by molar-refractivity contribution is 6.15. The van der Waals surface area contributed by atoms with Crippen molar-refractivity contribution in [1.82, 2.24) is 10.2 Å². The van der Waals surface area contributed by atoms with Gasteiger partial charge in [0.2, 0.25) is 23.6 Å². The van der Waals surface area contributed by atoms with Gasteiger partial charge in [0.05, 0.1) is 11.8 Å². The van der Waals surface area contributed by atoms with Crippen LogP contribution in [0.3, 0.4) is 0 Å². The topological polar surface area (TPSA) is 122 Å². The van der Waals surface area contributed by atoms with Gasteiger partial charge in [-0.2, -0.15) is 0 Å². The van der Waals surface area contributed by atoms with Crippen molar-refractivity contribution in [3.05, 3.63) is 65.2 Å². The average Bonchev–Trinajstić information content (AvgIpc) is 3.41. The highest BCUT2D eigenvalue weighted by Gasteiger charge is 2.70. The lowest BCUT2D eigenvalue weighted by atomic mass is 9.76. The zero-order valence-corrected chi connectivity index (χ0v) is 19.0. The predicted molar refractivity (Wildman–Crippen MR) is 125 cm³/mol. The minimum Gasteiger partial charge on any atom is -0.370 e. The van der Waals surface area contributed by atoms with Crippen molar-refractivity contribution in [1.29, 1.82) is 0 Å². The number of hydrogen-bond donors (Lipinski definition) is 3. The number of carbonyl (C=O) groups excluding carboxylic acids is 4. The summed E-state index contributed by atoms with van der Waals surface area (Å²) in [4.78, 5) is 53.6. The fourth-order valence-electron chi connectivity index (χ4n) is 5.78. The summed E-state index contributed by atoms with van der Waals surface area (Å²) in [6.45, 7) is 2.27. The second-order valence-electron chi connectivity index (χ2n) is 9.32. The minimum atomic E-state index is -1.35. The summed E-state index contributed by atoms with van der Waals surface area (Å²) < 4.78 is 0. The van der Waals surface area contributed by atoms with Crippen LogP contribution < -0.4 is 16.4 Å². The Morgan fingerprint density at radius 3 is 2.53 bits per heavy atom. The van der Waals surface area contributed by atoms with E-state index < -0.39 is 29.3 Å². The Morgan fingerprint density at radius 1 is 1.06 bits per heavy atom. The van der Waals surface area contributed by atoms with Crippen molar-refractivity contribution in [3.63, 3.8) is 0 Å².